The van der Waals surface area contributed by atoms with Crippen LogP contribution in [0, 0.1) is 14.9 Å². The minimum Gasteiger partial charge on any atom is -0.296 e. The Morgan fingerprint density at radius 2 is 2.00 bits per heavy atom. The first-order valence-corrected chi connectivity index (χ1v) is 7.53. The number of rotatable bonds is 4. The largest absolute Gasteiger partial charge is 0.296 e. The number of hydrogen-bond donors (Lipinski definition) is 0. The number of benzene rings is 1. The predicted molar refractivity (Wildman–Crippen MR) is 83.1 cm³/mol. The predicted octanol–water partition coefficient (Wildman–Crippen LogP) is 3.66. The summed E-state index contributed by atoms with van der Waals surface area (Å²) in [6.07, 6.45) is 0.691. The number of pyridine rings is 1. The highest BCUT2D eigenvalue weighted by molar-refractivity contribution is 14.1. The third kappa shape index (κ3) is 3.78. The SMILES string of the molecule is N#Cc1ccc(C=O)nc1SCc1ccc(I)cc1. The number of thioether (sulfide) groups is 1. The van der Waals surface area contributed by atoms with Gasteiger partial charge in [0.05, 0.1) is 5.56 Å². The molecule has 0 fully saturated rings. The van der Waals surface area contributed by atoms with Crippen molar-refractivity contribution in [1.82, 2.24) is 4.98 Å². The van der Waals surface area contributed by atoms with Crippen LogP contribution < -0.4 is 0 Å². The van der Waals surface area contributed by atoms with Crippen molar-refractivity contribution in [2.24, 2.45) is 0 Å². The Balaban J connectivity index is 2.16. The zero-order valence-electron chi connectivity index (χ0n) is 9.84. The maximum atomic E-state index is 10.7. The summed E-state index contributed by atoms with van der Waals surface area (Å²) >= 11 is 3.72. The third-order valence-corrected chi connectivity index (χ3v) is 4.19. The molecule has 0 radical (unpaired) electrons. The summed E-state index contributed by atoms with van der Waals surface area (Å²) in [6.45, 7) is 0. The van der Waals surface area contributed by atoms with Gasteiger partial charge < -0.3 is 0 Å². The zero-order chi connectivity index (χ0) is 13.7. The monoisotopic (exact) mass is 380 g/mol. The Labute approximate surface area is 129 Å². The van der Waals surface area contributed by atoms with E-state index in [4.69, 9.17) is 5.26 Å². The van der Waals surface area contributed by atoms with Crippen LogP contribution in [0.4, 0.5) is 0 Å². The van der Waals surface area contributed by atoms with Crippen molar-refractivity contribution in [2.75, 3.05) is 0 Å². The van der Waals surface area contributed by atoms with Crippen LogP contribution in [-0.2, 0) is 5.75 Å². The van der Waals surface area contributed by atoms with Crippen molar-refractivity contribution < 1.29 is 4.79 Å². The lowest BCUT2D eigenvalue weighted by Gasteiger charge is -2.04. The van der Waals surface area contributed by atoms with Gasteiger partial charge in [0.1, 0.15) is 16.8 Å². The Kier molecular flexibility index (Phi) is 4.93. The molecule has 0 spiro atoms. The van der Waals surface area contributed by atoms with Crippen molar-refractivity contribution in [3.05, 3.63) is 56.8 Å². The molecule has 0 aliphatic rings. The first-order chi connectivity index (χ1) is 9.22. The van der Waals surface area contributed by atoms with E-state index in [2.05, 4.69) is 33.6 Å². The molecular formula is C14H9IN2OS. The smallest absolute Gasteiger partial charge is 0.168 e. The standard InChI is InChI=1S/C14H9IN2OS/c15-12-4-1-10(2-5-12)9-19-14-11(7-16)3-6-13(8-18)17-14/h1-6,8H,9H2. The van der Waals surface area contributed by atoms with Gasteiger partial charge in [-0.2, -0.15) is 5.26 Å². The molecule has 0 amide bonds. The summed E-state index contributed by atoms with van der Waals surface area (Å²) in [4.78, 5) is 14.9. The number of halogens is 1. The zero-order valence-corrected chi connectivity index (χ0v) is 12.8. The fraction of sp³-hybridized carbons (Fsp3) is 0.0714. The van der Waals surface area contributed by atoms with Gasteiger partial charge in [-0.15, -0.1) is 11.8 Å². The molecule has 3 nitrogen and oxygen atoms in total. The molecule has 0 bridgehead atoms. The molecular weight excluding hydrogens is 371 g/mol. The van der Waals surface area contributed by atoms with Crippen LogP contribution in [0.3, 0.4) is 0 Å². The fourth-order valence-electron chi connectivity index (χ4n) is 1.45. The summed E-state index contributed by atoms with van der Waals surface area (Å²) in [5.74, 6) is 0.723. The Morgan fingerprint density at radius 1 is 1.26 bits per heavy atom. The minimum absolute atomic E-state index is 0.351. The summed E-state index contributed by atoms with van der Waals surface area (Å²) in [7, 11) is 0. The van der Waals surface area contributed by atoms with Gasteiger partial charge in [0.15, 0.2) is 6.29 Å². The van der Waals surface area contributed by atoms with E-state index in [0.29, 0.717) is 22.6 Å². The van der Waals surface area contributed by atoms with Crippen LogP contribution >= 0.6 is 34.4 Å². The molecule has 2 rings (SSSR count). The molecule has 0 unspecified atom stereocenters. The molecule has 2 aromatic rings. The molecule has 0 saturated heterocycles. The van der Waals surface area contributed by atoms with Gasteiger partial charge in [-0.1, -0.05) is 12.1 Å². The molecule has 0 aliphatic heterocycles. The summed E-state index contributed by atoms with van der Waals surface area (Å²) in [6, 6.07) is 13.4. The van der Waals surface area contributed by atoms with Crippen molar-refractivity contribution >= 4 is 40.6 Å². The van der Waals surface area contributed by atoms with Crippen molar-refractivity contribution in [1.29, 1.82) is 5.26 Å². The average Bonchev–Trinajstić information content (AvgIpc) is 2.46. The molecule has 94 valence electrons. The second kappa shape index (κ2) is 6.68. The Bertz CT molecular complexity index is 635. The van der Waals surface area contributed by atoms with Crippen LogP contribution in [0.5, 0.6) is 0 Å². The number of nitriles is 1. The number of carbonyl (C=O) groups excluding carboxylic acids is 1. The van der Waals surface area contributed by atoms with Gasteiger partial charge in [-0.25, -0.2) is 4.98 Å². The average molecular weight is 380 g/mol. The highest BCUT2D eigenvalue weighted by Crippen LogP contribution is 2.24. The third-order valence-electron chi connectivity index (χ3n) is 2.41. The van der Waals surface area contributed by atoms with Gasteiger partial charge in [-0.3, -0.25) is 4.79 Å². The lowest BCUT2D eigenvalue weighted by atomic mass is 10.2. The Hall–Kier alpha value is -1.39. The van der Waals surface area contributed by atoms with E-state index in [0.717, 1.165) is 11.3 Å². The van der Waals surface area contributed by atoms with E-state index >= 15 is 0 Å². The normalized spacial score (nSPS) is 9.89. The molecule has 1 aromatic carbocycles. The first-order valence-electron chi connectivity index (χ1n) is 5.46. The molecule has 1 aromatic heterocycles. The Morgan fingerprint density at radius 3 is 2.63 bits per heavy atom. The van der Waals surface area contributed by atoms with Crippen LogP contribution in [-0.4, -0.2) is 11.3 Å². The number of nitrogens with zero attached hydrogens (tertiary/aromatic N) is 2. The maximum absolute atomic E-state index is 10.7. The van der Waals surface area contributed by atoms with E-state index < -0.39 is 0 Å². The molecule has 0 N–H and O–H groups in total. The molecule has 0 aliphatic carbocycles. The molecule has 0 atom stereocenters. The van der Waals surface area contributed by atoms with Crippen LogP contribution in [0.15, 0.2) is 41.4 Å². The van der Waals surface area contributed by atoms with Gasteiger partial charge in [0.2, 0.25) is 0 Å². The number of carbonyl (C=O) groups is 1. The summed E-state index contributed by atoms with van der Waals surface area (Å²) < 4.78 is 1.19. The van der Waals surface area contributed by atoms with Crippen LogP contribution in [0.25, 0.3) is 0 Å². The second-order valence-electron chi connectivity index (χ2n) is 3.73. The van der Waals surface area contributed by atoms with Gasteiger partial charge >= 0.3 is 0 Å². The van der Waals surface area contributed by atoms with Gasteiger partial charge in [0.25, 0.3) is 0 Å². The first kappa shape index (κ1) is 14.0. The van der Waals surface area contributed by atoms with Crippen molar-refractivity contribution in [3.8, 4) is 6.07 Å². The lowest BCUT2D eigenvalue weighted by Crippen LogP contribution is -1.93. The van der Waals surface area contributed by atoms with Crippen LogP contribution in [0.1, 0.15) is 21.6 Å². The van der Waals surface area contributed by atoms with Gasteiger partial charge in [-0.05, 0) is 52.4 Å². The second-order valence-corrected chi connectivity index (χ2v) is 5.94. The number of aromatic nitrogens is 1. The minimum atomic E-state index is 0.351. The fourth-order valence-corrected chi connectivity index (χ4v) is 2.74. The summed E-state index contributed by atoms with van der Waals surface area (Å²) in [5.41, 5.74) is 2.01. The van der Waals surface area contributed by atoms with E-state index in [-0.39, 0.29) is 0 Å². The quantitative estimate of drug-likeness (QED) is 0.462. The topological polar surface area (TPSA) is 53.8 Å². The van der Waals surface area contributed by atoms with Crippen LogP contribution in [0.2, 0.25) is 0 Å². The van der Waals surface area contributed by atoms with Crippen molar-refractivity contribution in [2.45, 2.75) is 10.8 Å². The van der Waals surface area contributed by atoms with E-state index in [1.807, 2.05) is 24.3 Å². The van der Waals surface area contributed by atoms with E-state index in [9.17, 15) is 4.79 Å². The van der Waals surface area contributed by atoms with Gasteiger partial charge in [0, 0.05) is 9.32 Å². The van der Waals surface area contributed by atoms with E-state index in [1.165, 1.54) is 15.3 Å². The van der Waals surface area contributed by atoms with E-state index in [1.54, 1.807) is 12.1 Å². The highest BCUT2D eigenvalue weighted by Gasteiger charge is 2.06. The number of aldehydes is 1. The highest BCUT2D eigenvalue weighted by atomic mass is 127. The molecule has 19 heavy (non-hydrogen) atoms. The van der Waals surface area contributed by atoms with Crippen molar-refractivity contribution in [3.63, 3.8) is 0 Å². The maximum Gasteiger partial charge on any atom is 0.168 e. The molecule has 0 saturated carbocycles. The molecule has 1 heterocycles. The summed E-state index contributed by atoms with van der Waals surface area (Å²) in [5, 5.41) is 9.63. The lowest BCUT2D eigenvalue weighted by molar-refractivity contribution is 0.111. The number of hydrogen-bond acceptors (Lipinski definition) is 4. The molecule has 5 heteroatoms.